The Morgan fingerprint density at radius 2 is 1.62 bits per heavy atom. The molecule has 8 heteroatoms. The number of anilines is 3. The van der Waals surface area contributed by atoms with E-state index in [0.29, 0.717) is 11.3 Å². The van der Waals surface area contributed by atoms with Crippen LogP contribution < -0.4 is 16.0 Å². The zero-order valence-electron chi connectivity index (χ0n) is 15.3. The Hall–Kier alpha value is -3.78. The molecule has 0 bridgehead atoms. The van der Waals surface area contributed by atoms with Crippen LogP contribution >= 0.6 is 12.2 Å². The Kier molecular flexibility index (Phi) is 6.16. The number of nitro groups is 1. The molecule has 29 heavy (non-hydrogen) atoms. The molecule has 0 fully saturated rings. The normalized spacial score (nSPS) is 10.2. The molecule has 3 N–H and O–H groups in total. The quantitative estimate of drug-likeness (QED) is 0.362. The van der Waals surface area contributed by atoms with Crippen LogP contribution in [0.4, 0.5) is 22.7 Å². The molecule has 0 unspecified atom stereocenters. The summed E-state index contributed by atoms with van der Waals surface area (Å²) in [4.78, 5) is 24.1. The van der Waals surface area contributed by atoms with E-state index < -0.39 is 10.8 Å². The van der Waals surface area contributed by atoms with Crippen LogP contribution in [0.2, 0.25) is 0 Å². The molecular weight excluding hydrogens is 388 g/mol. The Bertz CT molecular complexity index is 1060. The van der Waals surface area contributed by atoms with Crippen molar-refractivity contribution < 1.29 is 9.72 Å². The standard InChI is InChI=1S/C21H18N4O3S/c22-20(26)14-15-8-4-6-12-18(15)24(16-9-2-1-3-10-16)21(29)23-17-11-5-7-13-19(17)25(27)28/h1-13H,14H2,(H2,22,26)(H,23,29). The van der Waals surface area contributed by atoms with Gasteiger partial charge in [-0.3, -0.25) is 19.8 Å². The summed E-state index contributed by atoms with van der Waals surface area (Å²) in [5.41, 5.74) is 7.68. The number of rotatable bonds is 6. The summed E-state index contributed by atoms with van der Waals surface area (Å²) in [6.07, 6.45) is 0.0353. The van der Waals surface area contributed by atoms with Gasteiger partial charge in [0, 0.05) is 11.8 Å². The molecule has 7 nitrogen and oxygen atoms in total. The first-order chi connectivity index (χ1) is 14.0. The van der Waals surface area contributed by atoms with Crippen LogP contribution in [0.5, 0.6) is 0 Å². The van der Waals surface area contributed by atoms with Gasteiger partial charge in [-0.1, -0.05) is 48.5 Å². The van der Waals surface area contributed by atoms with Crippen molar-refractivity contribution >= 4 is 46.0 Å². The Morgan fingerprint density at radius 1 is 1.00 bits per heavy atom. The number of nitrogens with two attached hydrogens (primary N) is 1. The first-order valence-corrected chi connectivity index (χ1v) is 9.14. The van der Waals surface area contributed by atoms with E-state index in [4.69, 9.17) is 18.0 Å². The zero-order valence-corrected chi connectivity index (χ0v) is 16.1. The van der Waals surface area contributed by atoms with Crippen LogP contribution in [0.3, 0.4) is 0 Å². The molecule has 1 amide bonds. The minimum absolute atomic E-state index is 0.0353. The number of carbonyl (C=O) groups is 1. The number of hydrogen-bond donors (Lipinski definition) is 2. The smallest absolute Gasteiger partial charge is 0.292 e. The van der Waals surface area contributed by atoms with Crippen molar-refractivity contribution in [3.8, 4) is 0 Å². The molecule has 0 aliphatic carbocycles. The lowest BCUT2D eigenvalue weighted by Crippen LogP contribution is -2.32. The van der Waals surface area contributed by atoms with Crippen molar-refractivity contribution in [3.63, 3.8) is 0 Å². The van der Waals surface area contributed by atoms with Crippen LogP contribution in [-0.4, -0.2) is 15.9 Å². The average molecular weight is 406 g/mol. The molecule has 0 aliphatic heterocycles. The fraction of sp³-hybridized carbons (Fsp3) is 0.0476. The average Bonchev–Trinajstić information content (AvgIpc) is 2.70. The Labute approximate surface area is 172 Å². The van der Waals surface area contributed by atoms with E-state index in [1.54, 1.807) is 29.2 Å². The summed E-state index contributed by atoms with van der Waals surface area (Å²) in [7, 11) is 0. The van der Waals surface area contributed by atoms with Gasteiger partial charge in [0.2, 0.25) is 5.91 Å². The molecule has 3 rings (SSSR count). The molecule has 146 valence electrons. The van der Waals surface area contributed by atoms with Gasteiger partial charge in [-0.15, -0.1) is 0 Å². The minimum Gasteiger partial charge on any atom is -0.369 e. The summed E-state index contributed by atoms with van der Waals surface area (Å²) in [5.74, 6) is -0.469. The van der Waals surface area contributed by atoms with Gasteiger partial charge < -0.3 is 11.1 Å². The predicted molar refractivity (Wildman–Crippen MR) is 117 cm³/mol. The molecule has 0 saturated carbocycles. The lowest BCUT2D eigenvalue weighted by molar-refractivity contribution is -0.383. The number of nitrogens with one attached hydrogen (secondary N) is 1. The third kappa shape index (κ3) is 4.74. The van der Waals surface area contributed by atoms with Gasteiger partial charge in [0.05, 0.1) is 17.0 Å². The molecule has 0 aromatic heterocycles. The first-order valence-electron chi connectivity index (χ1n) is 8.73. The van der Waals surface area contributed by atoms with Crippen molar-refractivity contribution in [1.29, 1.82) is 0 Å². The highest BCUT2D eigenvalue weighted by Gasteiger charge is 2.21. The molecular formula is C21H18N4O3S. The van der Waals surface area contributed by atoms with E-state index in [1.807, 2.05) is 48.5 Å². The summed E-state index contributed by atoms with van der Waals surface area (Å²) in [6, 6.07) is 22.8. The second kappa shape index (κ2) is 8.94. The van der Waals surface area contributed by atoms with E-state index >= 15 is 0 Å². The van der Waals surface area contributed by atoms with Crippen molar-refractivity contribution in [3.05, 3.63) is 94.5 Å². The number of nitro benzene ring substituents is 1. The third-order valence-electron chi connectivity index (χ3n) is 4.16. The maximum atomic E-state index is 11.5. The number of amides is 1. The van der Waals surface area contributed by atoms with Gasteiger partial charge in [0.25, 0.3) is 5.69 Å². The third-order valence-corrected chi connectivity index (χ3v) is 4.44. The van der Waals surface area contributed by atoms with Crippen molar-refractivity contribution in [2.75, 3.05) is 10.2 Å². The van der Waals surface area contributed by atoms with Crippen LogP contribution in [0, 0.1) is 10.1 Å². The van der Waals surface area contributed by atoms with Gasteiger partial charge in [-0.25, -0.2) is 0 Å². The van der Waals surface area contributed by atoms with E-state index in [0.717, 1.165) is 5.69 Å². The number of thiocarbonyl (C=S) groups is 1. The van der Waals surface area contributed by atoms with Gasteiger partial charge in [-0.05, 0) is 42.0 Å². The summed E-state index contributed by atoms with van der Waals surface area (Å²) in [5, 5.41) is 14.5. The predicted octanol–water partition coefficient (Wildman–Crippen LogP) is 4.16. The molecule has 0 aliphatic rings. The highest BCUT2D eigenvalue weighted by molar-refractivity contribution is 7.80. The van der Waals surface area contributed by atoms with Crippen LogP contribution in [0.15, 0.2) is 78.9 Å². The molecule has 3 aromatic rings. The van der Waals surface area contributed by atoms with Gasteiger partial charge in [-0.2, -0.15) is 0 Å². The Balaban J connectivity index is 2.06. The second-order valence-electron chi connectivity index (χ2n) is 6.15. The lowest BCUT2D eigenvalue weighted by Gasteiger charge is -2.28. The van der Waals surface area contributed by atoms with E-state index in [2.05, 4.69) is 5.32 Å². The fourth-order valence-corrected chi connectivity index (χ4v) is 3.23. The summed E-state index contributed by atoms with van der Waals surface area (Å²) in [6.45, 7) is 0. The van der Waals surface area contributed by atoms with Gasteiger partial charge in [0.1, 0.15) is 5.69 Å². The van der Waals surface area contributed by atoms with Crippen LogP contribution in [0.25, 0.3) is 0 Å². The first kappa shape index (κ1) is 20.0. The number of benzene rings is 3. The number of primary amides is 1. The minimum atomic E-state index is -0.473. The fourth-order valence-electron chi connectivity index (χ4n) is 2.92. The largest absolute Gasteiger partial charge is 0.369 e. The molecule has 0 saturated heterocycles. The van der Waals surface area contributed by atoms with Crippen molar-refractivity contribution in [2.45, 2.75) is 6.42 Å². The maximum Gasteiger partial charge on any atom is 0.292 e. The SMILES string of the molecule is NC(=O)Cc1ccccc1N(C(=S)Nc1ccccc1[N+](=O)[O-])c1ccccc1. The number of hydrogen-bond acceptors (Lipinski definition) is 4. The van der Waals surface area contributed by atoms with E-state index in [1.165, 1.54) is 6.07 Å². The van der Waals surface area contributed by atoms with Crippen molar-refractivity contribution in [2.24, 2.45) is 5.73 Å². The molecule has 0 spiro atoms. The number of carbonyl (C=O) groups excluding carboxylic acids is 1. The van der Waals surface area contributed by atoms with Gasteiger partial charge >= 0.3 is 0 Å². The topological polar surface area (TPSA) is 102 Å². The van der Waals surface area contributed by atoms with Gasteiger partial charge in [0.15, 0.2) is 5.11 Å². The van der Waals surface area contributed by atoms with Crippen molar-refractivity contribution in [1.82, 2.24) is 0 Å². The summed E-state index contributed by atoms with van der Waals surface area (Å²) >= 11 is 5.62. The number of para-hydroxylation sites is 4. The zero-order chi connectivity index (χ0) is 20.8. The highest BCUT2D eigenvalue weighted by Crippen LogP contribution is 2.31. The van der Waals surface area contributed by atoms with E-state index in [9.17, 15) is 14.9 Å². The Morgan fingerprint density at radius 3 is 2.31 bits per heavy atom. The molecule has 0 heterocycles. The second-order valence-corrected chi connectivity index (χ2v) is 6.53. The monoisotopic (exact) mass is 406 g/mol. The lowest BCUT2D eigenvalue weighted by atomic mass is 10.1. The van der Waals surface area contributed by atoms with E-state index in [-0.39, 0.29) is 22.9 Å². The highest BCUT2D eigenvalue weighted by atomic mass is 32.1. The summed E-state index contributed by atoms with van der Waals surface area (Å²) < 4.78 is 0. The van der Waals surface area contributed by atoms with Crippen LogP contribution in [0.1, 0.15) is 5.56 Å². The molecule has 3 aromatic carbocycles. The van der Waals surface area contributed by atoms with Crippen LogP contribution in [-0.2, 0) is 11.2 Å². The molecule has 0 atom stereocenters. The molecule has 0 radical (unpaired) electrons. The maximum absolute atomic E-state index is 11.5. The number of nitrogens with zero attached hydrogens (tertiary/aromatic N) is 2.